The van der Waals surface area contributed by atoms with Crippen LogP contribution in [0.5, 0.6) is 0 Å². The van der Waals surface area contributed by atoms with Crippen LogP contribution in [0.15, 0.2) is 16.7 Å². The first kappa shape index (κ1) is 9.20. The monoisotopic (exact) mass is 239 g/mol. The van der Waals surface area contributed by atoms with Gasteiger partial charge in [0, 0.05) is 22.3 Å². The Bertz CT molecular complexity index is 316. The highest BCUT2D eigenvalue weighted by Gasteiger charge is 2.25. The van der Waals surface area contributed by atoms with E-state index in [-0.39, 0.29) is 0 Å². The minimum Gasteiger partial charge on any atom is -0.261 e. The molecule has 0 aliphatic heterocycles. The summed E-state index contributed by atoms with van der Waals surface area (Å²) in [4.78, 5) is 4.49. The lowest BCUT2D eigenvalue weighted by Gasteiger charge is -2.08. The summed E-state index contributed by atoms with van der Waals surface area (Å²) < 4.78 is 1.22. The molecule has 1 aliphatic rings. The third-order valence-electron chi connectivity index (χ3n) is 2.52. The molecule has 13 heavy (non-hydrogen) atoms. The Balaban J connectivity index is 2.31. The van der Waals surface area contributed by atoms with E-state index in [0.717, 1.165) is 5.92 Å². The molecule has 1 fully saturated rings. The fourth-order valence-electron chi connectivity index (χ4n) is 1.48. The molecule has 70 valence electrons. The highest BCUT2D eigenvalue weighted by molar-refractivity contribution is 9.10. The van der Waals surface area contributed by atoms with E-state index >= 15 is 0 Å². The van der Waals surface area contributed by atoms with Gasteiger partial charge in [-0.2, -0.15) is 0 Å². The summed E-state index contributed by atoms with van der Waals surface area (Å²) in [5, 5.41) is 0. The lowest BCUT2D eigenvalue weighted by molar-refractivity contribution is 0.843. The molecule has 1 aromatic rings. The van der Waals surface area contributed by atoms with Gasteiger partial charge in [-0.05, 0) is 30.4 Å². The van der Waals surface area contributed by atoms with Crippen LogP contribution in [0.1, 0.15) is 49.8 Å². The third-order valence-corrected chi connectivity index (χ3v) is 3.21. The van der Waals surface area contributed by atoms with Gasteiger partial charge >= 0.3 is 0 Å². The van der Waals surface area contributed by atoms with Crippen molar-refractivity contribution in [3.05, 3.63) is 28.0 Å². The predicted molar refractivity (Wildman–Crippen MR) is 58.0 cm³/mol. The maximum Gasteiger partial charge on any atom is 0.0445 e. The molecule has 1 nitrogen and oxygen atoms in total. The summed E-state index contributed by atoms with van der Waals surface area (Å²) in [7, 11) is 0. The van der Waals surface area contributed by atoms with Crippen LogP contribution in [-0.4, -0.2) is 4.98 Å². The van der Waals surface area contributed by atoms with E-state index < -0.39 is 0 Å². The number of halogens is 1. The van der Waals surface area contributed by atoms with Gasteiger partial charge in [0.25, 0.3) is 0 Å². The van der Waals surface area contributed by atoms with Crippen molar-refractivity contribution in [2.75, 3.05) is 0 Å². The number of aromatic nitrogens is 1. The zero-order valence-electron chi connectivity index (χ0n) is 8.05. The van der Waals surface area contributed by atoms with Crippen molar-refractivity contribution in [1.82, 2.24) is 4.98 Å². The van der Waals surface area contributed by atoms with E-state index in [1.54, 1.807) is 0 Å². The molecule has 0 saturated heterocycles. The molecule has 0 aromatic carbocycles. The zero-order valence-corrected chi connectivity index (χ0v) is 9.63. The van der Waals surface area contributed by atoms with Crippen LogP contribution < -0.4 is 0 Å². The summed E-state index contributed by atoms with van der Waals surface area (Å²) in [6.45, 7) is 4.39. The van der Waals surface area contributed by atoms with Crippen molar-refractivity contribution in [3.8, 4) is 0 Å². The van der Waals surface area contributed by atoms with Crippen molar-refractivity contribution < 1.29 is 0 Å². The molecule has 0 unspecified atom stereocenters. The van der Waals surface area contributed by atoms with Gasteiger partial charge in [0.15, 0.2) is 0 Å². The van der Waals surface area contributed by atoms with Gasteiger partial charge in [0.2, 0.25) is 0 Å². The van der Waals surface area contributed by atoms with E-state index in [0.29, 0.717) is 5.92 Å². The number of rotatable bonds is 2. The molecule has 2 rings (SSSR count). The second-order valence-electron chi connectivity index (χ2n) is 4.06. The first-order chi connectivity index (χ1) is 6.18. The van der Waals surface area contributed by atoms with Crippen molar-refractivity contribution in [1.29, 1.82) is 0 Å². The maximum atomic E-state index is 4.49. The van der Waals surface area contributed by atoms with Crippen LogP contribution in [0, 0.1) is 0 Å². The van der Waals surface area contributed by atoms with Crippen LogP contribution in [0.4, 0.5) is 0 Å². The molecule has 2 heteroatoms. The topological polar surface area (TPSA) is 12.9 Å². The average molecular weight is 240 g/mol. The number of hydrogen-bond acceptors (Lipinski definition) is 1. The standard InChI is InChI=1S/C11H14BrN/c1-7(2)9-6-13-11(5-10(9)12)8-3-4-8/h5-8H,3-4H2,1-2H3. The van der Waals surface area contributed by atoms with Crippen LogP contribution in [-0.2, 0) is 0 Å². The van der Waals surface area contributed by atoms with Gasteiger partial charge in [-0.25, -0.2) is 0 Å². The van der Waals surface area contributed by atoms with Gasteiger partial charge in [0.05, 0.1) is 0 Å². The second-order valence-corrected chi connectivity index (χ2v) is 4.91. The van der Waals surface area contributed by atoms with Gasteiger partial charge < -0.3 is 0 Å². The van der Waals surface area contributed by atoms with Crippen molar-refractivity contribution in [3.63, 3.8) is 0 Å². The molecule has 0 amide bonds. The quantitative estimate of drug-likeness (QED) is 0.765. The van der Waals surface area contributed by atoms with E-state index in [1.807, 2.05) is 6.20 Å². The minimum absolute atomic E-state index is 0.551. The van der Waals surface area contributed by atoms with Gasteiger partial charge in [-0.3, -0.25) is 4.98 Å². The lowest BCUT2D eigenvalue weighted by Crippen LogP contribution is -1.94. The Labute approximate surface area is 87.7 Å². The molecule has 0 N–H and O–H groups in total. The fourth-order valence-corrected chi connectivity index (χ4v) is 2.28. The van der Waals surface area contributed by atoms with Crippen LogP contribution in [0.3, 0.4) is 0 Å². The summed E-state index contributed by atoms with van der Waals surface area (Å²) in [5.74, 6) is 1.30. The molecule has 1 aromatic heterocycles. The van der Waals surface area contributed by atoms with Crippen LogP contribution in [0.25, 0.3) is 0 Å². The fraction of sp³-hybridized carbons (Fsp3) is 0.545. The molecular weight excluding hydrogens is 226 g/mol. The second kappa shape index (κ2) is 3.41. The lowest BCUT2D eigenvalue weighted by atomic mass is 10.1. The number of nitrogens with zero attached hydrogens (tertiary/aromatic N) is 1. The normalized spacial score (nSPS) is 16.6. The minimum atomic E-state index is 0.551. The number of hydrogen-bond donors (Lipinski definition) is 0. The molecule has 0 atom stereocenters. The van der Waals surface area contributed by atoms with E-state index in [4.69, 9.17) is 0 Å². The Morgan fingerprint density at radius 3 is 2.62 bits per heavy atom. The van der Waals surface area contributed by atoms with Crippen molar-refractivity contribution in [2.24, 2.45) is 0 Å². The average Bonchev–Trinajstić information content (AvgIpc) is 2.85. The van der Waals surface area contributed by atoms with E-state index in [2.05, 4.69) is 40.8 Å². The van der Waals surface area contributed by atoms with Crippen LogP contribution >= 0.6 is 15.9 Å². The molecular formula is C11H14BrN. The zero-order chi connectivity index (χ0) is 9.42. The highest BCUT2D eigenvalue weighted by atomic mass is 79.9. The third kappa shape index (κ3) is 1.93. The molecule has 0 radical (unpaired) electrons. The molecule has 0 bridgehead atoms. The Morgan fingerprint density at radius 1 is 1.46 bits per heavy atom. The smallest absolute Gasteiger partial charge is 0.0445 e. The summed E-state index contributed by atoms with van der Waals surface area (Å²) >= 11 is 3.60. The Kier molecular flexibility index (Phi) is 2.41. The first-order valence-corrected chi connectivity index (χ1v) is 5.63. The Morgan fingerprint density at radius 2 is 2.15 bits per heavy atom. The SMILES string of the molecule is CC(C)c1cnc(C2CC2)cc1Br. The highest BCUT2D eigenvalue weighted by Crippen LogP contribution is 2.40. The van der Waals surface area contributed by atoms with Crippen molar-refractivity contribution in [2.45, 2.75) is 38.5 Å². The first-order valence-electron chi connectivity index (χ1n) is 4.84. The van der Waals surface area contributed by atoms with E-state index in [1.165, 1.54) is 28.6 Å². The van der Waals surface area contributed by atoms with Crippen LogP contribution in [0.2, 0.25) is 0 Å². The summed E-state index contributed by atoms with van der Waals surface area (Å²) in [6, 6.07) is 2.19. The van der Waals surface area contributed by atoms with E-state index in [9.17, 15) is 0 Å². The van der Waals surface area contributed by atoms with Gasteiger partial charge in [0.1, 0.15) is 0 Å². The molecule has 1 heterocycles. The molecule has 1 saturated carbocycles. The van der Waals surface area contributed by atoms with Gasteiger partial charge in [-0.1, -0.05) is 29.8 Å². The number of pyridine rings is 1. The van der Waals surface area contributed by atoms with Gasteiger partial charge in [-0.15, -0.1) is 0 Å². The largest absolute Gasteiger partial charge is 0.261 e. The predicted octanol–water partition coefficient (Wildman–Crippen LogP) is 3.84. The van der Waals surface area contributed by atoms with Crippen molar-refractivity contribution >= 4 is 15.9 Å². The summed E-state index contributed by atoms with van der Waals surface area (Å²) in [6.07, 6.45) is 4.66. The molecule has 0 spiro atoms. The summed E-state index contributed by atoms with van der Waals surface area (Å²) in [5.41, 5.74) is 2.57. The maximum absolute atomic E-state index is 4.49. The molecule has 1 aliphatic carbocycles. The Hall–Kier alpha value is -0.370.